The van der Waals surface area contributed by atoms with Crippen LogP contribution in [0.25, 0.3) is 39.0 Å². The first-order chi connectivity index (χ1) is 18.3. The summed E-state index contributed by atoms with van der Waals surface area (Å²) in [6.07, 6.45) is 13.6. The SMILES string of the molecule is c1cc2[nH]c(C3=C4NC4Nc4ncc(-c5cncc(CN6CCCC6)c5)cc43)nc2c(-c2ccoc2)n1. The van der Waals surface area contributed by atoms with Crippen LogP contribution in [0.15, 0.2) is 71.7 Å². The van der Waals surface area contributed by atoms with E-state index in [0.717, 1.165) is 81.5 Å². The molecule has 2 saturated heterocycles. The Bertz CT molecular complexity index is 1680. The number of anilines is 1. The van der Waals surface area contributed by atoms with Crippen molar-refractivity contribution in [3.63, 3.8) is 0 Å². The molecule has 0 amide bonds. The van der Waals surface area contributed by atoms with E-state index in [1.807, 2.05) is 30.7 Å². The number of H-pyrrole nitrogens is 1. The van der Waals surface area contributed by atoms with Gasteiger partial charge in [-0.3, -0.25) is 14.9 Å². The molecule has 3 N–H and O–H groups in total. The molecule has 0 aliphatic carbocycles. The van der Waals surface area contributed by atoms with Crippen molar-refractivity contribution in [1.29, 1.82) is 0 Å². The largest absolute Gasteiger partial charge is 0.472 e. The number of furan rings is 1. The Morgan fingerprint density at radius 3 is 2.78 bits per heavy atom. The van der Waals surface area contributed by atoms with Crippen LogP contribution in [0.1, 0.15) is 29.8 Å². The van der Waals surface area contributed by atoms with Crippen molar-refractivity contribution in [2.24, 2.45) is 0 Å². The Balaban J connectivity index is 1.20. The minimum atomic E-state index is 0.0750. The van der Waals surface area contributed by atoms with Gasteiger partial charge < -0.3 is 20.0 Å². The normalized spacial score (nSPS) is 18.4. The summed E-state index contributed by atoms with van der Waals surface area (Å²) in [6, 6.07) is 8.28. The highest BCUT2D eigenvalue weighted by atomic mass is 16.3. The number of aromatic amines is 1. The van der Waals surface area contributed by atoms with Crippen LogP contribution in [0.4, 0.5) is 5.82 Å². The predicted molar refractivity (Wildman–Crippen MR) is 140 cm³/mol. The third kappa shape index (κ3) is 3.50. The first kappa shape index (κ1) is 20.7. The molecule has 3 aliphatic heterocycles. The Morgan fingerprint density at radius 1 is 0.973 bits per heavy atom. The third-order valence-electron chi connectivity index (χ3n) is 7.38. The van der Waals surface area contributed by atoms with Gasteiger partial charge in [0.15, 0.2) is 0 Å². The van der Waals surface area contributed by atoms with E-state index in [1.54, 1.807) is 18.7 Å². The van der Waals surface area contributed by atoms with E-state index in [9.17, 15) is 0 Å². The van der Waals surface area contributed by atoms with Crippen molar-refractivity contribution in [1.82, 2.24) is 35.1 Å². The van der Waals surface area contributed by atoms with Crippen molar-refractivity contribution < 1.29 is 4.42 Å². The summed E-state index contributed by atoms with van der Waals surface area (Å²) in [4.78, 5) is 24.9. The van der Waals surface area contributed by atoms with Crippen LogP contribution in [-0.2, 0) is 6.54 Å². The van der Waals surface area contributed by atoms with E-state index in [0.29, 0.717) is 0 Å². The second-order valence-electron chi connectivity index (χ2n) is 9.85. The van der Waals surface area contributed by atoms with Crippen molar-refractivity contribution in [2.45, 2.75) is 25.6 Å². The van der Waals surface area contributed by atoms with Crippen LogP contribution in [-0.4, -0.2) is 49.1 Å². The van der Waals surface area contributed by atoms with Gasteiger partial charge in [0, 0.05) is 53.6 Å². The lowest BCUT2D eigenvalue weighted by Gasteiger charge is -2.17. The van der Waals surface area contributed by atoms with Gasteiger partial charge in [-0.05, 0) is 55.8 Å². The van der Waals surface area contributed by atoms with Gasteiger partial charge in [-0.1, -0.05) is 0 Å². The molecule has 0 radical (unpaired) electrons. The van der Waals surface area contributed by atoms with Crippen LogP contribution in [0, 0.1) is 0 Å². The van der Waals surface area contributed by atoms with Gasteiger partial charge in [0.2, 0.25) is 0 Å². The molecule has 5 aromatic heterocycles. The number of aromatic nitrogens is 5. The summed E-state index contributed by atoms with van der Waals surface area (Å²) in [7, 11) is 0. The van der Waals surface area contributed by atoms with E-state index in [1.165, 1.54) is 18.4 Å². The summed E-state index contributed by atoms with van der Waals surface area (Å²) in [5, 5.41) is 6.91. The number of pyridine rings is 3. The summed E-state index contributed by atoms with van der Waals surface area (Å²) in [5.41, 5.74) is 9.92. The van der Waals surface area contributed by atoms with E-state index < -0.39 is 0 Å². The summed E-state index contributed by atoms with van der Waals surface area (Å²) in [5.74, 6) is 1.63. The number of imidazole rings is 1. The van der Waals surface area contributed by atoms with Crippen LogP contribution in [0.2, 0.25) is 0 Å². The van der Waals surface area contributed by atoms with Gasteiger partial charge in [-0.15, -0.1) is 0 Å². The zero-order valence-corrected chi connectivity index (χ0v) is 20.0. The highest BCUT2D eigenvalue weighted by Crippen LogP contribution is 2.42. The molecule has 5 aromatic rings. The highest BCUT2D eigenvalue weighted by Gasteiger charge is 2.40. The van der Waals surface area contributed by atoms with Crippen molar-refractivity contribution in [2.75, 3.05) is 18.4 Å². The molecule has 0 aromatic carbocycles. The van der Waals surface area contributed by atoms with E-state index in [-0.39, 0.29) is 6.17 Å². The van der Waals surface area contributed by atoms with Crippen molar-refractivity contribution in [3.05, 3.63) is 84.2 Å². The smallest absolute Gasteiger partial charge is 0.141 e. The maximum atomic E-state index is 5.29. The van der Waals surface area contributed by atoms with Crippen molar-refractivity contribution in [3.8, 4) is 22.4 Å². The van der Waals surface area contributed by atoms with E-state index in [2.05, 4.69) is 42.6 Å². The third-order valence-corrected chi connectivity index (χ3v) is 7.38. The van der Waals surface area contributed by atoms with Crippen molar-refractivity contribution >= 4 is 22.4 Å². The molecule has 9 heteroatoms. The molecule has 3 aliphatic rings. The topological polar surface area (TPSA) is 118 Å². The average Bonchev–Trinajstić information content (AvgIpc) is 3.36. The molecule has 1 atom stereocenters. The molecule has 0 bridgehead atoms. The summed E-state index contributed by atoms with van der Waals surface area (Å²) < 4.78 is 5.29. The highest BCUT2D eigenvalue weighted by molar-refractivity contribution is 5.96. The average molecular weight is 489 g/mol. The fourth-order valence-corrected chi connectivity index (χ4v) is 5.50. The zero-order chi connectivity index (χ0) is 24.3. The van der Waals surface area contributed by atoms with Gasteiger partial charge in [-0.2, -0.15) is 0 Å². The molecule has 9 nitrogen and oxygen atoms in total. The second kappa shape index (κ2) is 8.01. The second-order valence-corrected chi connectivity index (χ2v) is 9.85. The van der Waals surface area contributed by atoms with Gasteiger partial charge in [0.25, 0.3) is 0 Å². The van der Waals surface area contributed by atoms with Crippen LogP contribution >= 0.6 is 0 Å². The summed E-state index contributed by atoms with van der Waals surface area (Å²) >= 11 is 0. The predicted octanol–water partition coefficient (Wildman–Crippen LogP) is 4.38. The number of rotatable bonds is 5. The molecule has 8 heterocycles. The molecular weight excluding hydrogens is 464 g/mol. The first-order valence-electron chi connectivity index (χ1n) is 12.6. The minimum absolute atomic E-state index is 0.0750. The van der Waals surface area contributed by atoms with Gasteiger partial charge >= 0.3 is 0 Å². The number of nitrogens with zero attached hydrogens (tertiary/aromatic N) is 5. The van der Waals surface area contributed by atoms with Gasteiger partial charge in [-0.25, -0.2) is 9.97 Å². The lowest BCUT2D eigenvalue weighted by molar-refractivity contribution is 0.331. The molecule has 8 rings (SSSR count). The van der Waals surface area contributed by atoms with E-state index >= 15 is 0 Å². The van der Waals surface area contributed by atoms with Crippen LogP contribution in [0.3, 0.4) is 0 Å². The Kier molecular flexibility index (Phi) is 4.47. The van der Waals surface area contributed by atoms with Crippen LogP contribution in [0.5, 0.6) is 0 Å². The fraction of sp³-hybridized carbons (Fsp3) is 0.214. The first-order valence-corrected chi connectivity index (χ1v) is 12.6. The number of likely N-dealkylation sites (tertiary alicyclic amines) is 1. The molecule has 182 valence electrons. The number of hydrogen-bond acceptors (Lipinski definition) is 8. The van der Waals surface area contributed by atoms with E-state index in [4.69, 9.17) is 14.4 Å². The standard InChI is InChI=1S/C28H24N8O/c1-2-7-36(6-1)14-16-9-18(12-29-11-16)19-10-20-22(25-28(34-25)35-26(20)31-13-19)27-32-21-3-5-30-23(24(21)33-27)17-4-8-37-15-17/h3-5,8-13,15,28,34H,1-2,6-7,14H2,(H,31,35)(H,32,33). The quantitative estimate of drug-likeness (QED) is 0.312. The van der Waals surface area contributed by atoms with Crippen LogP contribution < -0.4 is 10.6 Å². The molecule has 0 saturated carbocycles. The van der Waals surface area contributed by atoms with Gasteiger partial charge in [0.1, 0.15) is 29.0 Å². The lowest BCUT2D eigenvalue weighted by atomic mass is 9.98. The lowest BCUT2D eigenvalue weighted by Crippen LogP contribution is -2.18. The zero-order valence-electron chi connectivity index (χ0n) is 20.0. The molecular formula is C28H24N8O. The molecule has 2 fully saturated rings. The fourth-order valence-electron chi connectivity index (χ4n) is 5.50. The van der Waals surface area contributed by atoms with Gasteiger partial charge in [0.05, 0.1) is 29.3 Å². The molecule has 1 unspecified atom stereocenters. The maximum Gasteiger partial charge on any atom is 0.141 e. The Labute approximate surface area is 212 Å². The Morgan fingerprint density at radius 2 is 1.89 bits per heavy atom. The number of hydrogen-bond donors (Lipinski definition) is 3. The number of nitrogens with one attached hydrogen (secondary N) is 3. The monoisotopic (exact) mass is 488 g/mol. The maximum absolute atomic E-state index is 5.29. The molecule has 0 spiro atoms. The number of fused-ring (bicyclic) bond motifs is 3. The Hall–Kier alpha value is -4.50. The minimum Gasteiger partial charge on any atom is -0.472 e. The summed E-state index contributed by atoms with van der Waals surface area (Å²) in [6.45, 7) is 3.27. The molecule has 37 heavy (non-hydrogen) atoms.